The van der Waals surface area contributed by atoms with Gasteiger partial charge in [-0.2, -0.15) is 0 Å². The van der Waals surface area contributed by atoms with Gasteiger partial charge < -0.3 is 14.6 Å². The molecule has 2 fully saturated rings. The Morgan fingerprint density at radius 1 is 1.05 bits per heavy atom. The predicted octanol–water partition coefficient (Wildman–Crippen LogP) is 3.58. The first-order valence-electron chi connectivity index (χ1n) is 7.53. The van der Waals surface area contributed by atoms with Crippen molar-refractivity contribution in [2.45, 2.75) is 31.8 Å². The van der Waals surface area contributed by atoms with Crippen LogP contribution in [0.15, 0.2) is 12.1 Å². The molecule has 2 aliphatic carbocycles. The number of aliphatic hydroxyl groups is 1. The molecule has 3 nitrogen and oxygen atoms in total. The maximum Gasteiger partial charge on any atom is 0.162 e. The van der Waals surface area contributed by atoms with Gasteiger partial charge in [0.15, 0.2) is 11.5 Å². The third kappa shape index (κ3) is 1.99. The number of fused-ring (bicyclic) bond motifs is 2. The fraction of sp³-hybridized carbons (Fsp3) is 0.625. The lowest BCUT2D eigenvalue weighted by Crippen LogP contribution is -2.16. The van der Waals surface area contributed by atoms with Crippen molar-refractivity contribution in [3.63, 3.8) is 0 Å². The Morgan fingerprint density at radius 3 is 2.30 bits per heavy atom. The Hall–Kier alpha value is -0.930. The summed E-state index contributed by atoms with van der Waals surface area (Å²) in [5.41, 5.74) is 0.801. The molecule has 0 saturated heterocycles. The average molecular weight is 295 g/mol. The maximum atomic E-state index is 10.7. The minimum atomic E-state index is -0.466. The van der Waals surface area contributed by atoms with Crippen LogP contribution in [-0.4, -0.2) is 18.3 Å². The molecular formula is C16H19ClO3. The van der Waals surface area contributed by atoms with Crippen LogP contribution in [0.5, 0.6) is 11.5 Å². The molecular weight excluding hydrogens is 276 g/mol. The van der Waals surface area contributed by atoms with Gasteiger partial charge in [-0.1, -0.05) is 24.4 Å². The van der Waals surface area contributed by atoms with Crippen LogP contribution in [0.2, 0.25) is 5.02 Å². The van der Waals surface area contributed by atoms with Gasteiger partial charge in [-0.25, -0.2) is 0 Å². The highest BCUT2D eigenvalue weighted by atomic mass is 35.5. The second-order valence-electron chi connectivity index (χ2n) is 6.15. The molecule has 1 aromatic rings. The normalized spacial score (nSPS) is 32.4. The van der Waals surface area contributed by atoms with E-state index in [2.05, 4.69) is 0 Å². The maximum absolute atomic E-state index is 10.7. The van der Waals surface area contributed by atoms with E-state index in [1.54, 1.807) is 6.07 Å². The molecule has 0 aromatic heterocycles. The van der Waals surface area contributed by atoms with Gasteiger partial charge in [-0.15, -0.1) is 0 Å². The number of aliphatic hydroxyl groups excluding tert-OH is 1. The molecule has 0 radical (unpaired) electrons. The molecule has 4 heteroatoms. The quantitative estimate of drug-likeness (QED) is 0.906. The lowest BCUT2D eigenvalue weighted by Gasteiger charge is -2.21. The molecule has 0 bridgehead atoms. The van der Waals surface area contributed by atoms with E-state index in [1.807, 2.05) is 6.07 Å². The van der Waals surface area contributed by atoms with Crippen molar-refractivity contribution in [1.82, 2.24) is 0 Å². The summed E-state index contributed by atoms with van der Waals surface area (Å²) in [5, 5.41) is 11.3. The van der Waals surface area contributed by atoms with Crippen molar-refractivity contribution in [1.29, 1.82) is 0 Å². The summed E-state index contributed by atoms with van der Waals surface area (Å²) in [6.07, 6.45) is 4.66. The minimum absolute atomic E-state index is 0.387. The number of benzene rings is 1. The molecule has 1 aliphatic heterocycles. The summed E-state index contributed by atoms with van der Waals surface area (Å²) in [5.74, 6) is 3.17. The molecule has 4 rings (SSSR count). The summed E-state index contributed by atoms with van der Waals surface area (Å²) in [6, 6.07) is 3.65. The number of hydrogen-bond acceptors (Lipinski definition) is 3. The molecule has 108 valence electrons. The number of halogens is 1. The monoisotopic (exact) mass is 294 g/mol. The van der Waals surface area contributed by atoms with Crippen molar-refractivity contribution in [2.75, 3.05) is 13.2 Å². The largest absolute Gasteiger partial charge is 0.486 e. The molecule has 20 heavy (non-hydrogen) atoms. The van der Waals surface area contributed by atoms with Crippen molar-refractivity contribution >= 4 is 11.6 Å². The highest BCUT2D eigenvalue weighted by Crippen LogP contribution is 2.61. The van der Waals surface area contributed by atoms with Gasteiger partial charge in [-0.05, 0) is 36.7 Å². The lowest BCUT2D eigenvalue weighted by molar-refractivity contribution is 0.139. The third-order valence-corrected chi connectivity index (χ3v) is 5.39. The zero-order valence-corrected chi connectivity index (χ0v) is 12.1. The first kappa shape index (κ1) is 12.8. The summed E-state index contributed by atoms with van der Waals surface area (Å²) >= 11 is 6.33. The van der Waals surface area contributed by atoms with Gasteiger partial charge in [0.2, 0.25) is 0 Å². The van der Waals surface area contributed by atoms with E-state index in [0.717, 1.165) is 5.56 Å². The lowest BCUT2D eigenvalue weighted by atomic mass is 10.0. The fourth-order valence-corrected chi connectivity index (χ4v) is 4.30. The Kier molecular flexibility index (Phi) is 3.08. The van der Waals surface area contributed by atoms with E-state index in [1.165, 1.54) is 25.7 Å². The van der Waals surface area contributed by atoms with Gasteiger partial charge in [-0.3, -0.25) is 0 Å². The smallest absolute Gasteiger partial charge is 0.162 e. The Labute approximate surface area is 123 Å². The fourth-order valence-electron chi connectivity index (χ4n) is 4.03. The molecule has 3 aliphatic rings. The molecule has 3 unspecified atom stereocenters. The second-order valence-corrected chi connectivity index (χ2v) is 6.56. The van der Waals surface area contributed by atoms with Crippen LogP contribution >= 0.6 is 11.6 Å². The topological polar surface area (TPSA) is 38.7 Å². The molecule has 3 atom stereocenters. The zero-order chi connectivity index (χ0) is 13.7. The summed E-state index contributed by atoms with van der Waals surface area (Å²) < 4.78 is 11.1. The Balaban J connectivity index is 1.61. The average Bonchev–Trinajstić information content (AvgIpc) is 3.20. The van der Waals surface area contributed by atoms with Gasteiger partial charge in [0.25, 0.3) is 0 Å². The number of hydrogen-bond donors (Lipinski definition) is 1. The van der Waals surface area contributed by atoms with Crippen LogP contribution in [0.3, 0.4) is 0 Å². The standard InChI is InChI=1S/C16H19ClO3/c17-12-8-14-13(19-5-6-20-14)7-11(12)16(18)15-9-3-1-2-4-10(9)15/h7-10,15-16,18H,1-6H2. The highest BCUT2D eigenvalue weighted by molar-refractivity contribution is 6.31. The first-order valence-corrected chi connectivity index (χ1v) is 7.90. The van der Waals surface area contributed by atoms with Crippen LogP contribution in [0.1, 0.15) is 37.4 Å². The van der Waals surface area contributed by atoms with Crippen molar-refractivity contribution in [3.8, 4) is 11.5 Å². The van der Waals surface area contributed by atoms with E-state index < -0.39 is 6.10 Å². The molecule has 0 spiro atoms. The third-order valence-electron chi connectivity index (χ3n) is 5.07. The van der Waals surface area contributed by atoms with Crippen molar-refractivity contribution in [3.05, 3.63) is 22.7 Å². The van der Waals surface area contributed by atoms with E-state index in [-0.39, 0.29) is 0 Å². The highest BCUT2D eigenvalue weighted by Gasteiger charge is 2.54. The zero-order valence-electron chi connectivity index (χ0n) is 11.3. The van der Waals surface area contributed by atoms with Crippen LogP contribution in [0, 0.1) is 17.8 Å². The van der Waals surface area contributed by atoms with Crippen LogP contribution in [-0.2, 0) is 0 Å². The summed E-state index contributed by atoms with van der Waals surface area (Å²) in [7, 11) is 0. The van der Waals surface area contributed by atoms with Crippen LogP contribution < -0.4 is 9.47 Å². The van der Waals surface area contributed by atoms with Crippen LogP contribution in [0.4, 0.5) is 0 Å². The number of rotatable bonds is 2. The molecule has 1 N–H and O–H groups in total. The van der Waals surface area contributed by atoms with Gasteiger partial charge in [0.1, 0.15) is 13.2 Å². The Morgan fingerprint density at radius 2 is 1.65 bits per heavy atom. The van der Waals surface area contributed by atoms with E-state index in [0.29, 0.717) is 47.5 Å². The van der Waals surface area contributed by atoms with Crippen molar-refractivity contribution in [2.24, 2.45) is 17.8 Å². The molecule has 1 heterocycles. The Bertz CT molecular complexity index is 519. The van der Waals surface area contributed by atoms with Gasteiger partial charge >= 0.3 is 0 Å². The van der Waals surface area contributed by atoms with E-state index >= 15 is 0 Å². The first-order chi connectivity index (χ1) is 9.75. The second kappa shape index (κ2) is 4.81. The van der Waals surface area contributed by atoms with Gasteiger partial charge in [0, 0.05) is 11.6 Å². The molecule has 1 aromatic carbocycles. The van der Waals surface area contributed by atoms with E-state index in [4.69, 9.17) is 21.1 Å². The van der Waals surface area contributed by atoms with E-state index in [9.17, 15) is 5.11 Å². The minimum Gasteiger partial charge on any atom is -0.486 e. The SMILES string of the molecule is OC(c1cc2c(cc1Cl)OCCO2)C1C2CCCCC21. The number of ether oxygens (including phenoxy) is 2. The summed E-state index contributed by atoms with van der Waals surface area (Å²) in [6.45, 7) is 1.11. The summed E-state index contributed by atoms with van der Waals surface area (Å²) in [4.78, 5) is 0. The van der Waals surface area contributed by atoms with Crippen molar-refractivity contribution < 1.29 is 14.6 Å². The van der Waals surface area contributed by atoms with Gasteiger partial charge in [0.05, 0.1) is 11.1 Å². The molecule has 0 amide bonds. The van der Waals surface area contributed by atoms with Crippen LogP contribution in [0.25, 0.3) is 0 Å². The molecule has 2 saturated carbocycles. The predicted molar refractivity (Wildman–Crippen MR) is 76.3 cm³/mol.